The third-order valence-corrected chi connectivity index (χ3v) is 6.38. The Labute approximate surface area is 175 Å². The maximum absolute atomic E-state index is 13.6. The average molecular weight is 430 g/mol. The fraction of sp³-hybridized carbons (Fsp3) is 0.286. The molecule has 0 radical (unpaired) electrons. The van der Waals surface area contributed by atoms with Crippen molar-refractivity contribution in [3.8, 4) is 0 Å². The summed E-state index contributed by atoms with van der Waals surface area (Å²) >= 11 is 1.19. The van der Waals surface area contributed by atoms with Crippen molar-refractivity contribution in [2.75, 3.05) is 19.3 Å². The van der Waals surface area contributed by atoms with E-state index in [4.69, 9.17) is 5.73 Å². The molecule has 1 aliphatic rings. The number of anilines is 1. The van der Waals surface area contributed by atoms with Crippen molar-refractivity contribution in [1.82, 2.24) is 15.2 Å². The molecule has 9 heteroatoms. The molecule has 3 heterocycles. The van der Waals surface area contributed by atoms with Gasteiger partial charge in [-0.25, -0.2) is 13.8 Å². The van der Waals surface area contributed by atoms with Crippen molar-refractivity contribution in [3.63, 3.8) is 0 Å². The molecule has 156 valence electrons. The molecule has 2 amide bonds. The molecule has 4 rings (SSSR count). The van der Waals surface area contributed by atoms with Crippen LogP contribution in [0, 0.1) is 11.6 Å². The normalized spacial score (nSPS) is 16.6. The van der Waals surface area contributed by atoms with Gasteiger partial charge in [0, 0.05) is 30.6 Å². The van der Waals surface area contributed by atoms with Crippen molar-refractivity contribution < 1.29 is 18.4 Å². The Bertz CT molecular complexity index is 1130. The first-order valence-electron chi connectivity index (χ1n) is 9.57. The van der Waals surface area contributed by atoms with Crippen LogP contribution < -0.4 is 11.1 Å². The number of nitrogen functional groups attached to an aromatic ring is 1. The van der Waals surface area contributed by atoms with Crippen LogP contribution in [0.1, 0.15) is 51.0 Å². The van der Waals surface area contributed by atoms with Gasteiger partial charge < -0.3 is 16.0 Å². The van der Waals surface area contributed by atoms with Gasteiger partial charge in [-0.2, -0.15) is 0 Å². The number of piperidine rings is 1. The number of amides is 2. The van der Waals surface area contributed by atoms with E-state index in [-0.39, 0.29) is 17.5 Å². The van der Waals surface area contributed by atoms with E-state index in [2.05, 4.69) is 10.3 Å². The smallest absolute Gasteiger partial charge is 0.263 e. The highest BCUT2D eigenvalue weighted by Gasteiger charge is 2.30. The van der Waals surface area contributed by atoms with Crippen molar-refractivity contribution in [2.45, 2.75) is 25.3 Å². The second-order valence-corrected chi connectivity index (χ2v) is 8.18. The number of thiophene rings is 1. The monoisotopic (exact) mass is 430 g/mol. The van der Waals surface area contributed by atoms with Gasteiger partial charge in [-0.05, 0) is 43.5 Å². The highest BCUT2D eigenvalue weighted by molar-refractivity contribution is 7.21. The highest BCUT2D eigenvalue weighted by atomic mass is 32.1. The molecule has 0 saturated carbocycles. The number of carbonyl (C=O) groups is 2. The van der Waals surface area contributed by atoms with Crippen LogP contribution in [0.4, 0.5) is 14.5 Å². The van der Waals surface area contributed by atoms with E-state index in [0.29, 0.717) is 39.4 Å². The van der Waals surface area contributed by atoms with Gasteiger partial charge in [0.05, 0.1) is 17.4 Å². The Morgan fingerprint density at radius 1 is 1.20 bits per heavy atom. The summed E-state index contributed by atoms with van der Waals surface area (Å²) in [7, 11) is 1.53. The Hall–Kier alpha value is -3.07. The summed E-state index contributed by atoms with van der Waals surface area (Å²) in [5.41, 5.74) is 7.11. The van der Waals surface area contributed by atoms with E-state index in [1.807, 2.05) is 0 Å². The molecule has 1 aromatic carbocycles. The average Bonchev–Trinajstić information content (AvgIpc) is 3.08. The number of benzene rings is 1. The van der Waals surface area contributed by atoms with Crippen molar-refractivity contribution in [2.24, 2.45) is 0 Å². The van der Waals surface area contributed by atoms with E-state index >= 15 is 0 Å². The number of carbonyl (C=O) groups excluding carboxylic acids is 2. The van der Waals surface area contributed by atoms with Crippen LogP contribution in [-0.4, -0.2) is 35.3 Å². The first kappa shape index (κ1) is 20.2. The molecule has 0 aliphatic carbocycles. The summed E-state index contributed by atoms with van der Waals surface area (Å²) in [5, 5.41) is 3.24. The SMILES string of the molecule is CNC(=O)c1sc2nc([C@H]3CCCCN3C(=O)c3cc(F)cc(F)c3)ccc2c1N. The third kappa shape index (κ3) is 3.60. The fourth-order valence-electron chi connectivity index (χ4n) is 3.80. The maximum atomic E-state index is 13.6. The Morgan fingerprint density at radius 2 is 1.93 bits per heavy atom. The number of nitrogens with zero attached hydrogens (tertiary/aromatic N) is 2. The topological polar surface area (TPSA) is 88.3 Å². The highest BCUT2D eigenvalue weighted by Crippen LogP contribution is 2.36. The predicted molar refractivity (Wildman–Crippen MR) is 111 cm³/mol. The number of nitrogens with one attached hydrogen (secondary N) is 1. The first-order chi connectivity index (χ1) is 14.4. The van der Waals surface area contributed by atoms with Gasteiger partial charge in [-0.3, -0.25) is 9.59 Å². The second kappa shape index (κ2) is 7.98. The number of rotatable bonds is 3. The lowest BCUT2D eigenvalue weighted by molar-refractivity contribution is 0.0605. The van der Waals surface area contributed by atoms with E-state index in [9.17, 15) is 18.4 Å². The van der Waals surface area contributed by atoms with Crippen LogP contribution in [0.2, 0.25) is 0 Å². The minimum Gasteiger partial charge on any atom is -0.397 e. The number of hydrogen-bond donors (Lipinski definition) is 2. The summed E-state index contributed by atoms with van der Waals surface area (Å²) in [6, 6.07) is 6.10. The molecule has 1 atom stereocenters. The van der Waals surface area contributed by atoms with Gasteiger partial charge in [0.15, 0.2) is 0 Å². The van der Waals surface area contributed by atoms with Gasteiger partial charge in [-0.15, -0.1) is 11.3 Å². The summed E-state index contributed by atoms with van der Waals surface area (Å²) < 4.78 is 27.2. The largest absolute Gasteiger partial charge is 0.397 e. The lowest BCUT2D eigenvalue weighted by atomic mass is 9.97. The minimum absolute atomic E-state index is 0.0252. The van der Waals surface area contributed by atoms with E-state index < -0.39 is 17.5 Å². The van der Waals surface area contributed by atoms with Crippen LogP contribution >= 0.6 is 11.3 Å². The lowest BCUT2D eigenvalue weighted by Crippen LogP contribution is -2.39. The quantitative estimate of drug-likeness (QED) is 0.660. The van der Waals surface area contributed by atoms with Gasteiger partial charge >= 0.3 is 0 Å². The first-order valence-corrected chi connectivity index (χ1v) is 10.4. The number of likely N-dealkylation sites (tertiary alicyclic amines) is 1. The molecular weight excluding hydrogens is 410 g/mol. The molecular formula is C21H20F2N4O2S. The molecule has 30 heavy (non-hydrogen) atoms. The Kier molecular flexibility index (Phi) is 5.38. The molecule has 0 unspecified atom stereocenters. The Balaban J connectivity index is 1.71. The van der Waals surface area contributed by atoms with E-state index in [1.54, 1.807) is 17.0 Å². The molecule has 1 aliphatic heterocycles. The second-order valence-electron chi connectivity index (χ2n) is 7.18. The molecule has 1 fully saturated rings. The zero-order valence-corrected chi connectivity index (χ0v) is 17.1. The van der Waals surface area contributed by atoms with E-state index in [1.165, 1.54) is 18.4 Å². The number of aromatic nitrogens is 1. The van der Waals surface area contributed by atoms with Gasteiger partial charge in [0.2, 0.25) is 0 Å². The van der Waals surface area contributed by atoms with Crippen LogP contribution in [-0.2, 0) is 0 Å². The van der Waals surface area contributed by atoms with Crippen molar-refractivity contribution >= 4 is 39.1 Å². The van der Waals surface area contributed by atoms with Crippen molar-refractivity contribution in [3.05, 3.63) is 58.1 Å². The third-order valence-electron chi connectivity index (χ3n) is 5.26. The number of halogens is 2. The molecule has 1 saturated heterocycles. The molecule has 6 nitrogen and oxygen atoms in total. The zero-order valence-electron chi connectivity index (χ0n) is 16.2. The summed E-state index contributed by atoms with van der Waals surface area (Å²) in [4.78, 5) is 32.3. The van der Waals surface area contributed by atoms with Gasteiger partial charge in [0.25, 0.3) is 11.8 Å². The number of pyridine rings is 1. The molecule has 0 bridgehead atoms. The fourth-order valence-corrected chi connectivity index (χ4v) is 4.85. The number of fused-ring (bicyclic) bond motifs is 1. The van der Waals surface area contributed by atoms with Crippen LogP contribution in [0.3, 0.4) is 0 Å². The standard InChI is InChI=1S/C21H20F2N4O2S/c1-25-19(28)18-17(24)14-5-6-15(26-20(14)30-18)16-4-2-3-7-27(16)21(29)11-8-12(22)10-13(23)9-11/h5-6,8-10,16H,2-4,7,24H2,1H3,(H,25,28)/t16-/m1/s1. The molecule has 3 N–H and O–H groups in total. The predicted octanol–water partition coefficient (Wildman–Crippen LogP) is 3.88. The van der Waals surface area contributed by atoms with Crippen LogP contribution in [0.5, 0.6) is 0 Å². The van der Waals surface area contributed by atoms with Gasteiger partial charge in [0.1, 0.15) is 21.3 Å². The minimum atomic E-state index is -0.790. The lowest BCUT2D eigenvalue weighted by Gasteiger charge is -2.35. The zero-order chi connectivity index (χ0) is 21.4. The Morgan fingerprint density at radius 3 is 2.63 bits per heavy atom. The van der Waals surface area contributed by atoms with Gasteiger partial charge in [-0.1, -0.05) is 0 Å². The summed E-state index contributed by atoms with van der Waals surface area (Å²) in [6.07, 6.45) is 2.39. The maximum Gasteiger partial charge on any atom is 0.263 e. The molecule has 2 aromatic heterocycles. The number of hydrogen-bond acceptors (Lipinski definition) is 5. The van der Waals surface area contributed by atoms with Crippen LogP contribution in [0.15, 0.2) is 30.3 Å². The molecule has 3 aromatic rings. The van der Waals surface area contributed by atoms with E-state index in [0.717, 1.165) is 31.0 Å². The number of nitrogens with two attached hydrogens (primary N) is 1. The molecule has 0 spiro atoms. The van der Waals surface area contributed by atoms with Crippen molar-refractivity contribution in [1.29, 1.82) is 0 Å². The van der Waals surface area contributed by atoms with Crippen LogP contribution in [0.25, 0.3) is 10.2 Å². The summed E-state index contributed by atoms with van der Waals surface area (Å²) in [6.45, 7) is 0.470. The summed E-state index contributed by atoms with van der Waals surface area (Å²) in [5.74, 6) is -2.29.